The zero-order valence-corrected chi connectivity index (χ0v) is 39.4. The number of fused-ring (bicyclic) bond motifs is 6. The van der Waals surface area contributed by atoms with Gasteiger partial charge in [0.15, 0.2) is 46.0 Å². The largest absolute Gasteiger partial charge is 0.491 e. The van der Waals surface area contributed by atoms with Crippen molar-refractivity contribution in [1.29, 1.82) is 0 Å². The summed E-state index contributed by atoms with van der Waals surface area (Å²) in [6.07, 6.45) is -1.43. The lowest BCUT2D eigenvalue weighted by Crippen LogP contribution is -2.36. The molecule has 6 aliphatic heterocycles. The maximum absolute atomic E-state index is 13.4. The number of benzene rings is 6. The molecule has 366 valence electrons. The van der Waals surface area contributed by atoms with Crippen molar-refractivity contribution in [2.75, 3.05) is 34.3 Å². The van der Waals surface area contributed by atoms with Gasteiger partial charge in [0.2, 0.25) is 27.2 Å². The topological polar surface area (TPSA) is 174 Å². The third kappa shape index (κ3) is 8.67. The number of carbonyl (C=O) groups is 2. The van der Waals surface area contributed by atoms with E-state index in [1.54, 1.807) is 12.1 Å². The Morgan fingerprint density at radius 3 is 1.17 bits per heavy atom. The third-order valence-corrected chi connectivity index (χ3v) is 13.0. The minimum atomic E-state index is -0.976. The Morgan fingerprint density at radius 2 is 0.789 bits per heavy atom. The van der Waals surface area contributed by atoms with Crippen molar-refractivity contribution < 1.29 is 76.3 Å². The zero-order chi connectivity index (χ0) is 48.9. The highest BCUT2D eigenvalue weighted by atomic mass is 16.7. The summed E-state index contributed by atoms with van der Waals surface area (Å²) >= 11 is 0. The first-order chi connectivity index (χ1) is 34.5. The number of methoxy groups -OCH3 is 1. The standard InChI is InChI=1S/C28H26O8.C27H24O8/c1-15(2)35-18-6-9-20-19(12-18)25(16-4-7-21-23(10-16)33-13-31-21)26(28(29)30-3)27(36-20)17-5-8-22-24(11-17)34-14-32-22;1-14(2)34-17-5-8-19-18(11-17)24(15-3-6-20-22(9-15)32-12-30-20)25(27(28)29)26(35-19)16-4-7-21-23(10-16)33-13-31-21/h4-12,15,25-27H,13-14H2,1-3H3;3-11,14,24-26H,12-13H2,1-2H3,(H,28,29). The molecule has 16 nitrogen and oxygen atoms in total. The Bertz CT molecular complexity index is 3020. The molecule has 6 atom stereocenters. The number of rotatable bonds is 10. The molecule has 0 saturated heterocycles. The predicted octanol–water partition coefficient (Wildman–Crippen LogP) is 9.88. The molecule has 6 aromatic rings. The summed E-state index contributed by atoms with van der Waals surface area (Å²) in [5.74, 6) is 3.70. The highest BCUT2D eigenvalue weighted by molar-refractivity contribution is 5.78. The Kier molecular flexibility index (Phi) is 11.9. The van der Waals surface area contributed by atoms with E-state index in [2.05, 4.69) is 0 Å². The van der Waals surface area contributed by atoms with Crippen molar-refractivity contribution >= 4 is 11.9 Å². The quantitative estimate of drug-likeness (QED) is 0.128. The molecule has 6 aliphatic rings. The van der Waals surface area contributed by atoms with E-state index < -0.39 is 41.8 Å². The summed E-state index contributed by atoms with van der Waals surface area (Å²) in [6, 6.07) is 33.5. The molecule has 6 heterocycles. The summed E-state index contributed by atoms with van der Waals surface area (Å²) < 4.78 is 74.4. The van der Waals surface area contributed by atoms with Gasteiger partial charge in [-0.25, -0.2) is 0 Å². The third-order valence-electron chi connectivity index (χ3n) is 13.0. The first-order valence-corrected chi connectivity index (χ1v) is 23.3. The van der Waals surface area contributed by atoms with Crippen molar-refractivity contribution in [1.82, 2.24) is 0 Å². The highest BCUT2D eigenvalue weighted by Gasteiger charge is 2.48. The minimum Gasteiger partial charge on any atom is -0.491 e. The van der Waals surface area contributed by atoms with E-state index in [0.29, 0.717) is 74.6 Å². The molecule has 12 rings (SSSR count). The monoisotopic (exact) mass is 966 g/mol. The van der Waals surface area contributed by atoms with Crippen molar-refractivity contribution in [2.45, 2.75) is 63.9 Å². The fourth-order valence-electron chi connectivity index (χ4n) is 9.99. The Hall–Kier alpha value is -8.14. The number of hydrogen-bond donors (Lipinski definition) is 1. The number of esters is 1. The number of aliphatic carboxylic acids is 1. The van der Waals surface area contributed by atoms with E-state index in [1.807, 2.05) is 125 Å². The van der Waals surface area contributed by atoms with Crippen LogP contribution in [0.2, 0.25) is 0 Å². The summed E-state index contributed by atoms with van der Waals surface area (Å²) in [6.45, 7) is 8.42. The molecular formula is C55H50O16. The molecule has 6 unspecified atom stereocenters. The smallest absolute Gasteiger partial charge is 0.313 e. The summed E-state index contributed by atoms with van der Waals surface area (Å²) in [5.41, 5.74) is 4.73. The molecule has 0 spiro atoms. The van der Waals surface area contributed by atoms with E-state index in [-0.39, 0.29) is 45.3 Å². The molecule has 0 saturated carbocycles. The van der Waals surface area contributed by atoms with Gasteiger partial charge in [0.1, 0.15) is 47.0 Å². The number of ether oxygens (including phenoxy) is 13. The zero-order valence-electron chi connectivity index (χ0n) is 39.4. The van der Waals surface area contributed by atoms with E-state index in [9.17, 15) is 14.7 Å². The molecule has 0 fully saturated rings. The Morgan fingerprint density at radius 1 is 0.451 bits per heavy atom. The molecule has 0 radical (unpaired) electrons. The average Bonchev–Trinajstić information content (AvgIpc) is 4.22. The SMILES string of the molecule is CC(C)Oc1ccc2c(c1)C(c1ccc3c(c1)OCO3)C(C(=O)O)C(c1ccc3c(c1)OCO3)O2.COC(=O)C1C(c2ccc3c(c2)OCO3)Oc2ccc(OC(C)C)cc2C1c1ccc2c(c1)OCO2. The first kappa shape index (κ1) is 45.3. The molecule has 0 amide bonds. The van der Waals surface area contributed by atoms with Crippen LogP contribution >= 0.6 is 0 Å². The normalized spacial score (nSPS) is 21.2. The lowest BCUT2D eigenvalue weighted by molar-refractivity contribution is -0.150. The van der Waals surface area contributed by atoms with Crippen LogP contribution in [0.25, 0.3) is 0 Å². The van der Waals surface area contributed by atoms with Gasteiger partial charge >= 0.3 is 11.9 Å². The van der Waals surface area contributed by atoms with Gasteiger partial charge in [-0.15, -0.1) is 0 Å². The van der Waals surface area contributed by atoms with Crippen LogP contribution in [0, 0.1) is 11.8 Å². The Balaban J connectivity index is 0.000000154. The summed E-state index contributed by atoms with van der Waals surface area (Å²) in [5, 5.41) is 10.5. The molecule has 16 heteroatoms. The van der Waals surface area contributed by atoms with Gasteiger partial charge in [-0.1, -0.05) is 24.3 Å². The lowest BCUT2D eigenvalue weighted by atomic mass is 9.74. The van der Waals surface area contributed by atoms with Gasteiger partial charge in [-0.2, -0.15) is 0 Å². The second-order valence-electron chi connectivity index (χ2n) is 18.1. The second kappa shape index (κ2) is 18.6. The predicted molar refractivity (Wildman–Crippen MR) is 252 cm³/mol. The average molecular weight is 967 g/mol. The number of carboxylic acids is 1. The van der Waals surface area contributed by atoms with E-state index in [1.165, 1.54) is 7.11 Å². The van der Waals surface area contributed by atoms with Crippen molar-refractivity contribution in [3.8, 4) is 69.0 Å². The molecule has 0 aromatic heterocycles. The van der Waals surface area contributed by atoms with Crippen molar-refractivity contribution in [2.24, 2.45) is 11.8 Å². The van der Waals surface area contributed by atoms with Crippen LogP contribution in [0.5, 0.6) is 69.0 Å². The van der Waals surface area contributed by atoms with Crippen LogP contribution < -0.4 is 56.8 Å². The fraction of sp³-hybridized carbons (Fsp3) is 0.309. The number of carboxylic acid groups (broad SMARTS) is 1. The number of hydrogen-bond acceptors (Lipinski definition) is 15. The number of carbonyl (C=O) groups excluding carboxylic acids is 1. The lowest BCUT2D eigenvalue weighted by Gasteiger charge is -2.39. The molecule has 0 aliphatic carbocycles. The molecule has 71 heavy (non-hydrogen) atoms. The van der Waals surface area contributed by atoms with Crippen LogP contribution in [-0.4, -0.2) is 63.5 Å². The van der Waals surface area contributed by atoms with Crippen LogP contribution in [0.3, 0.4) is 0 Å². The highest BCUT2D eigenvalue weighted by Crippen LogP contribution is 2.55. The van der Waals surface area contributed by atoms with Crippen LogP contribution in [-0.2, 0) is 14.3 Å². The van der Waals surface area contributed by atoms with Gasteiger partial charge in [-0.05, 0) is 135 Å². The van der Waals surface area contributed by atoms with E-state index in [4.69, 9.17) is 61.6 Å². The van der Waals surface area contributed by atoms with Crippen LogP contribution in [0.15, 0.2) is 109 Å². The molecule has 6 aromatic carbocycles. The van der Waals surface area contributed by atoms with E-state index >= 15 is 0 Å². The van der Waals surface area contributed by atoms with Crippen LogP contribution in [0.4, 0.5) is 0 Å². The Labute approximate surface area is 408 Å². The van der Waals surface area contributed by atoms with Gasteiger partial charge in [0.25, 0.3) is 0 Å². The molecule has 0 bridgehead atoms. The van der Waals surface area contributed by atoms with Crippen molar-refractivity contribution in [3.05, 3.63) is 143 Å². The summed E-state index contributed by atoms with van der Waals surface area (Å²) in [4.78, 5) is 26.3. The van der Waals surface area contributed by atoms with Gasteiger partial charge in [0, 0.05) is 23.0 Å². The molecule has 1 N–H and O–H groups in total. The van der Waals surface area contributed by atoms with Crippen molar-refractivity contribution in [3.63, 3.8) is 0 Å². The van der Waals surface area contributed by atoms with Gasteiger partial charge < -0.3 is 66.7 Å². The second-order valence-corrected chi connectivity index (χ2v) is 18.1. The summed E-state index contributed by atoms with van der Waals surface area (Å²) in [7, 11) is 1.39. The van der Waals surface area contributed by atoms with Crippen LogP contribution in [0.1, 0.15) is 85.1 Å². The molecular weight excluding hydrogens is 917 g/mol. The van der Waals surface area contributed by atoms with Gasteiger partial charge in [-0.3, -0.25) is 9.59 Å². The maximum atomic E-state index is 13.4. The first-order valence-electron chi connectivity index (χ1n) is 23.3. The van der Waals surface area contributed by atoms with E-state index in [0.717, 1.165) is 27.8 Å². The van der Waals surface area contributed by atoms with Gasteiger partial charge in [0.05, 0.1) is 19.3 Å². The minimum absolute atomic E-state index is 0.00524. The maximum Gasteiger partial charge on any atom is 0.313 e. The fourth-order valence-corrected chi connectivity index (χ4v) is 9.99.